The Bertz CT molecular complexity index is 487. The van der Waals surface area contributed by atoms with Crippen LogP contribution in [0.25, 0.3) is 5.65 Å². The summed E-state index contributed by atoms with van der Waals surface area (Å²) in [5.74, 6) is 0.815. The van der Waals surface area contributed by atoms with Gasteiger partial charge in [0.25, 0.3) is 0 Å². The molecule has 0 spiro atoms. The Morgan fingerprint density at radius 1 is 1.41 bits per heavy atom. The number of pyridine rings is 1. The summed E-state index contributed by atoms with van der Waals surface area (Å²) in [7, 11) is 0. The van der Waals surface area contributed by atoms with Crippen LogP contribution in [0, 0.1) is 0 Å². The van der Waals surface area contributed by atoms with Crippen molar-refractivity contribution in [2.45, 2.75) is 31.8 Å². The van der Waals surface area contributed by atoms with Crippen molar-refractivity contribution in [3.63, 3.8) is 0 Å². The van der Waals surface area contributed by atoms with Gasteiger partial charge in [0.15, 0.2) is 5.65 Å². The SMILES string of the molecule is CC1CC(N)CCN1c1nc2ccccn2n1. The molecule has 3 rings (SSSR count). The highest BCUT2D eigenvalue weighted by atomic mass is 15.4. The third kappa shape index (κ3) is 1.86. The van der Waals surface area contributed by atoms with E-state index in [4.69, 9.17) is 5.73 Å². The van der Waals surface area contributed by atoms with E-state index in [2.05, 4.69) is 21.9 Å². The molecule has 0 bridgehead atoms. The van der Waals surface area contributed by atoms with Crippen molar-refractivity contribution in [3.8, 4) is 0 Å². The largest absolute Gasteiger partial charge is 0.337 e. The first-order chi connectivity index (χ1) is 8.24. The smallest absolute Gasteiger partial charge is 0.245 e. The van der Waals surface area contributed by atoms with Crippen LogP contribution in [0.4, 0.5) is 5.95 Å². The molecule has 90 valence electrons. The molecule has 0 saturated carbocycles. The van der Waals surface area contributed by atoms with Crippen molar-refractivity contribution in [3.05, 3.63) is 24.4 Å². The second-order valence-electron chi connectivity index (χ2n) is 4.74. The summed E-state index contributed by atoms with van der Waals surface area (Å²) in [6.45, 7) is 3.13. The van der Waals surface area contributed by atoms with Crippen LogP contribution in [-0.4, -0.2) is 33.2 Å². The number of fused-ring (bicyclic) bond motifs is 1. The Balaban J connectivity index is 1.93. The molecule has 1 aliphatic heterocycles. The monoisotopic (exact) mass is 231 g/mol. The van der Waals surface area contributed by atoms with Crippen molar-refractivity contribution >= 4 is 11.6 Å². The Hall–Kier alpha value is -1.62. The van der Waals surface area contributed by atoms with Crippen LogP contribution in [0.5, 0.6) is 0 Å². The molecule has 5 heteroatoms. The molecule has 0 radical (unpaired) electrons. The highest BCUT2D eigenvalue weighted by Gasteiger charge is 2.25. The number of nitrogens with two attached hydrogens (primary N) is 1. The van der Waals surface area contributed by atoms with E-state index in [9.17, 15) is 0 Å². The molecule has 0 aromatic carbocycles. The van der Waals surface area contributed by atoms with E-state index in [0.29, 0.717) is 12.1 Å². The van der Waals surface area contributed by atoms with Gasteiger partial charge in [0.1, 0.15) is 0 Å². The highest BCUT2D eigenvalue weighted by Crippen LogP contribution is 2.21. The minimum atomic E-state index is 0.318. The lowest BCUT2D eigenvalue weighted by Crippen LogP contribution is -2.46. The molecule has 2 N–H and O–H groups in total. The van der Waals surface area contributed by atoms with Gasteiger partial charge in [-0.25, -0.2) is 4.52 Å². The normalized spacial score (nSPS) is 25.4. The maximum absolute atomic E-state index is 5.97. The third-order valence-electron chi connectivity index (χ3n) is 3.40. The van der Waals surface area contributed by atoms with Crippen molar-refractivity contribution < 1.29 is 0 Å². The standard InChI is InChI=1S/C12H17N5/c1-9-8-10(13)5-7-16(9)12-14-11-4-2-3-6-17(11)15-12/h2-4,6,9-10H,5,7-8,13H2,1H3. The average Bonchev–Trinajstić information content (AvgIpc) is 2.72. The van der Waals surface area contributed by atoms with Gasteiger partial charge in [0.2, 0.25) is 5.95 Å². The van der Waals surface area contributed by atoms with Gasteiger partial charge in [-0.2, -0.15) is 4.98 Å². The zero-order valence-electron chi connectivity index (χ0n) is 9.95. The molecule has 1 fully saturated rings. The molecule has 0 aliphatic carbocycles. The molecule has 2 atom stereocenters. The number of anilines is 1. The minimum Gasteiger partial charge on any atom is -0.337 e. The first-order valence-electron chi connectivity index (χ1n) is 6.07. The van der Waals surface area contributed by atoms with Crippen LogP contribution in [0.15, 0.2) is 24.4 Å². The lowest BCUT2D eigenvalue weighted by Gasteiger charge is -2.35. The maximum atomic E-state index is 5.97. The lowest BCUT2D eigenvalue weighted by molar-refractivity contribution is 0.424. The Kier molecular flexibility index (Phi) is 2.48. The Morgan fingerprint density at radius 2 is 2.29 bits per heavy atom. The van der Waals surface area contributed by atoms with Crippen LogP contribution in [0.3, 0.4) is 0 Å². The van der Waals surface area contributed by atoms with Crippen LogP contribution in [0.2, 0.25) is 0 Å². The molecule has 3 heterocycles. The topological polar surface area (TPSA) is 59.5 Å². The molecule has 2 unspecified atom stereocenters. The van der Waals surface area contributed by atoms with E-state index in [-0.39, 0.29) is 0 Å². The fourth-order valence-corrected chi connectivity index (χ4v) is 2.45. The number of aromatic nitrogens is 3. The van der Waals surface area contributed by atoms with Crippen molar-refractivity contribution in [2.75, 3.05) is 11.4 Å². The molecule has 1 aliphatic rings. The number of piperidine rings is 1. The predicted molar refractivity (Wildman–Crippen MR) is 67.0 cm³/mol. The van der Waals surface area contributed by atoms with E-state index in [1.165, 1.54) is 0 Å². The summed E-state index contributed by atoms with van der Waals surface area (Å²) < 4.78 is 1.82. The zero-order chi connectivity index (χ0) is 11.8. The predicted octanol–water partition coefficient (Wildman–Crippen LogP) is 1.05. The van der Waals surface area contributed by atoms with Gasteiger partial charge < -0.3 is 10.6 Å². The summed E-state index contributed by atoms with van der Waals surface area (Å²) in [6.07, 6.45) is 3.95. The van der Waals surface area contributed by atoms with Gasteiger partial charge in [0, 0.05) is 24.8 Å². The number of rotatable bonds is 1. The number of hydrogen-bond donors (Lipinski definition) is 1. The summed E-state index contributed by atoms with van der Waals surface area (Å²) in [5.41, 5.74) is 6.86. The van der Waals surface area contributed by atoms with Crippen molar-refractivity contribution in [1.82, 2.24) is 14.6 Å². The zero-order valence-corrected chi connectivity index (χ0v) is 9.95. The van der Waals surface area contributed by atoms with Gasteiger partial charge in [0.05, 0.1) is 0 Å². The molecular weight excluding hydrogens is 214 g/mol. The van der Waals surface area contributed by atoms with Gasteiger partial charge in [-0.15, -0.1) is 5.10 Å². The molecule has 2 aromatic rings. The maximum Gasteiger partial charge on any atom is 0.245 e. The second-order valence-corrected chi connectivity index (χ2v) is 4.74. The fourth-order valence-electron chi connectivity index (χ4n) is 2.45. The van der Waals surface area contributed by atoms with Crippen LogP contribution in [-0.2, 0) is 0 Å². The summed E-state index contributed by atoms with van der Waals surface area (Å²) in [5, 5.41) is 4.50. The van der Waals surface area contributed by atoms with Crippen LogP contribution < -0.4 is 10.6 Å². The molecular formula is C12H17N5. The van der Waals surface area contributed by atoms with Gasteiger partial charge in [-0.05, 0) is 31.9 Å². The van der Waals surface area contributed by atoms with E-state index < -0.39 is 0 Å². The fraction of sp³-hybridized carbons (Fsp3) is 0.500. The molecule has 17 heavy (non-hydrogen) atoms. The number of nitrogens with zero attached hydrogens (tertiary/aromatic N) is 4. The van der Waals surface area contributed by atoms with E-state index in [1.54, 1.807) is 0 Å². The van der Waals surface area contributed by atoms with Gasteiger partial charge in [-0.3, -0.25) is 0 Å². The molecule has 0 amide bonds. The van der Waals surface area contributed by atoms with E-state index in [1.807, 2.05) is 28.9 Å². The Morgan fingerprint density at radius 3 is 3.06 bits per heavy atom. The highest BCUT2D eigenvalue weighted by molar-refractivity contribution is 5.45. The quantitative estimate of drug-likeness (QED) is 0.797. The summed E-state index contributed by atoms with van der Waals surface area (Å²) in [4.78, 5) is 6.80. The van der Waals surface area contributed by atoms with Crippen molar-refractivity contribution in [2.24, 2.45) is 5.73 Å². The minimum absolute atomic E-state index is 0.318. The van der Waals surface area contributed by atoms with E-state index >= 15 is 0 Å². The molecule has 1 saturated heterocycles. The summed E-state index contributed by atoms with van der Waals surface area (Å²) >= 11 is 0. The van der Waals surface area contributed by atoms with Gasteiger partial charge >= 0.3 is 0 Å². The van der Waals surface area contributed by atoms with E-state index in [0.717, 1.165) is 31.0 Å². The van der Waals surface area contributed by atoms with Gasteiger partial charge in [-0.1, -0.05) is 6.07 Å². The van der Waals surface area contributed by atoms with Crippen LogP contribution in [0.1, 0.15) is 19.8 Å². The second kappa shape index (κ2) is 4.00. The third-order valence-corrected chi connectivity index (χ3v) is 3.40. The van der Waals surface area contributed by atoms with Crippen molar-refractivity contribution in [1.29, 1.82) is 0 Å². The molecule has 5 nitrogen and oxygen atoms in total. The number of hydrogen-bond acceptors (Lipinski definition) is 4. The first kappa shape index (κ1) is 10.5. The Labute approximate surface area is 100 Å². The summed E-state index contributed by atoms with van der Waals surface area (Å²) in [6, 6.07) is 6.63. The first-order valence-corrected chi connectivity index (χ1v) is 6.07. The molecule has 2 aromatic heterocycles. The van der Waals surface area contributed by atoms with Crippen LogP contribution >= 0.6 is 0 Å². The lowest BCUT2D eigenvalue weighted by atomic mass is 10.00. The average molecular weight is 231 g/mol.